The smallest absolute Gasteiger partial charge is 0.186 e. The van der Waals surface area contributed by atoms with Crippen LogP contribution in [0.25, 0.3) is 0 Å². The van der Waals surface area contributed by atoms with E-state index in [1.54, 1.807) is 0 Å². The molecular formula is C16H29N3S. The standard InChI is InChI=1S/C16H29N3S/c1-6-12(5)15-14(10-17-13-8-9-13)20-16(18-15)19(7-2)11(3)4/h11-13,17H,6-10H2,1-5H3. The van der Waals surface area contributed by atoms with Gasteiger partial charge in [0.1, 0.15) is 0 Å². The topological polar surface area (TPSA) is 28.2 Å². The fraction of sp³-hybridized carbons (Fsp3) is 0.812. The van der Waals surface area contributed by atoms with Crippen LogP contribution in [0.2, 0.25) is 0 Å². The number of aromatic nitrogens is 1. The molecule has 0 aromatic carbocycles. The van der Waals surface area contributed by atoms with Crippen molar-refractivity contribution in [2.24, 2.45) is 0 Å². The zero-order valence-electron chi connectivity index (χ0n) is 13.6. The van der Waals surface area contributed by atoms with Crippen LogP contribution in [0.5, 0.6) is 0 Å². The number of rotatable bonds is 8. The molecule has 1 fully saturated rings. The molecule has 3 nitrogen and oxygen atoms in total. The molecule has 1 aromatic heterocycles. The van der Waals surface area contributed by atoms with Gasteiger partial charge in [0, 0.05) is 30.1 Å². The first kappa shape index (κ1) is 15.8. The molecular weight excluding hydrogens is 266 g/mol. The Morgan fingerprint density at radius 2 is 2.00 bits per heavy atom. The van der Waals surface area contributed by atoms with E-state index in [1.807, 2.05) is 11.3 Å². The normalized spacial score (nSPS) is 16.7. The SMILES string of the molecule is CCC(C)c1nc(N(CC)C(C)C)sc1CNC1CC1. The van der Waals surface area contributed by atoms with Crippen molar-refractivity contribution >= 4 is 16.5 Å². The summed E-state index contributed by atoms with van der Waals surface area (Å²) in [6.45, 7) is 13.3. The van der Waals surface area contributed by atoms with Crippen molar-refractivity contribution < 1.29 is 0 Å². The zero-order chi connectivity index (χ0) is 14.7. The van der Waals surface area contributed by atoms with E-state index in [0.717, 1.165) is 25.6 Å². The minimum Gasteiger partial charge on any atom is -0.346 e. The molecule has 1 aromatic rings. The Balaban J connectivity index is 2.19. The van der Waals surface area contributed by atoms with Crippen molar-refractivity contribution in [1.82, 2.24) is 10.3 Å². The van der Waals surface area contributed by atoms with Crippen LogP contribution in [-0.2, 0) is 6.54 Å². The summed E-state index contributed by atoms with van der Waals surface area (Å²) in [5.41, 5.74) is 1.32. The largest absolute Gasteiger partial charge is 0.346 e. The molecule has 1 heterocycles. The molecule has 1 aliphatic rings. The molecule has 114 valence electrons. The molecule has 0 aliphatic heterocycles. The van der Waals surface area contributed by atoms with Crippen LogP contribution < -0.4 is 10.2 Å². The van der Waals surface area contributed by atoms with Crippen molar-refractivity contribution in [1.29, 1.82) is 0 Å². The minimum atomic E-state index is 0.514. The second-order valence-corrected chi connectivity index (χ2v) is 7.21. The lowest BCUT2D eigenvalue weighted by molar-refractivity contribution is 0.656. The summed E-state index contributed by atoms with van der Waals surface area (Å²) < 4.78 is 0. The average molecular weight is 295 g/mol. The highest BCUT2D eigenvalue weighted by Gasteiger charge is 2.24. The lowest BCUT2D eigenvalue weighted by Crippen LogP contribution is -2.30. The van der Waals surface area contributed by atoms with Crippen LogP contribution in [0.3, 0.4) is 0 Å². The van der Waals surface area contributed by atoms with Gasteiger partial charge in [-0.1, -0.05) is 13.8 Å². The molecule has 1 aliphatic carbocycles. The Hall–Kier alpha value is -0.610. The van der Waals surface area contributed by atoms with Gasteiger partial charge in [-0.3, -0.25) is 0 Å². The van der Waals surface area contributed by atoms with Crippen molar-refractivity contribution in [2.75, 3.05) is 11.4 Å². The number of hydrogen-bond acceptors (Lipinski definition) is 4. The average Bonchev–Trinajstić information content (AvgIpc) is 3.16. The minimum absolute atomic E-state index is 0.514. The molecule has 1 saturated carbocycles. The van der Waals surface area contributed by atoms with E-state index in [9.17, 15) is 0 Å². The van der Waals surface area contributed by atoms with Crippen LogP contribution in [0.15, 0.2) is 0 Å². The van der Waals surface area contributed by atoms with Gasteiger partial charge in [-0.15, -0.1) is 11.3 Å². The number of hydrogen-bond donors (Lipinski definition) is 1. The van der Waals surface area contributed by atoms with Gasteiger partial charge in [-0.25, -0.2) is 4.98 Å². The molecule has 0 spiro atoms. The molecule has 20 heavy (non-hydrogen) atoms. The van der Waals surface area contributed by atoms with E-state index >= 15 is 0 Å². The van der Waals surface area contributed by atoms with E-state index in [2.05, 4.69) is 44.8 Å². The van der Waals surface area contributed by atoms with E-state index in [-0.39, 0.29) is 0 Å². The van der Waals surface area contributed by atoms with Gasteiger partial charge in [-0.05, 0) is 46.0 Å². The Labute approximate surface area is 127 Å². The van der Waals surface area contributed by atoms with Gasteiger partial charge in [0.2, 0.25) is 0 Å². The number of nitrogens with one attached hydrogen (secondary N) is 1. The first-order valence-electron chi connectivity index (χ1n) is 8.06. The van der Waals surface area contributed by atoms with Crippen molar-refractivity contribution in [2.45, 2.75) is 78.4 Å². The predicted octanol–water partition coefficient (Wildman–Crippen LogP) is 4.14. The maximum Gasteiger partial charge on any atom is 0.186 e. The second kappa shape index (κ2) is 6.90. The molecule has 4 heteroatoms. The van der Waals surface area contributed by atoms with Gasteiger partial charge in [0.05, 0.1) is 5.69 Å². The third kappa shape index (κ3) is 3.73. The van der Waals surface area contributed by atoms with Crippen molar-refractivity contribution in [3.63, 3.8) is 0 Å². The number of thiazole rings is 1. The number of anilines is 1. The lowest BCUT2D eigenvalue weighted by atomic mass is 10.0. The summed E-state index contributed by atoms with van der Waals surface area (Å²) in [5.74, 6) is 0.557. The summed E-state index contributed by atoms with van der Waals surface area (Å²) in [6, 6.07) is 1.28. The first-order chi connectivity index (χ1) is 9.56. The van der Waals surface area contributed by atoms with Crippen LogP contribution in [0, 0.1) is 0 Å². The summed E-state index contributed by atoms with van der Waals surface area (Å²) in [5, 5.41) is 4.84. The predicted molar refractivity (Wildman–Crippen MR) is 88.8 cm³/mol. The molecule has 1 atom stereocenters. The lowest BCUT2D eigenvalue weighted by Gasteiger charge is -2.24. The van der Waals surface area contributed by atoms with Gasteiger partial charge in [0.15, 0.2) is 5.13 Å². The zero-order valence-corrected chi connectivity index (χ0v) is 14.4. The Bertz CT molecular complexity index is 423. The maximum absolute atomic E-state index is 4.98. The molecule has 1 N–H and O–H groups in total. The first-order valence-corrected chi connectivity index (χ1v) is 8.88. The Morgan fingerprint density at radius 1 is 1.30 bits per heavy atom. The molecule has 0 amide bonds. The Morgan fingerprint density at radius 3 is 2.50 bits per heavy atom. The third-order valence-electron chi connectivity index (χ3n) is 4.13. The van der Waals surface area contributed by atoms with Crippen LogP contribution >= 0.6 is 11.3 Å². The molecule has 0 saturated heterocycles. The van der Waals surface area contributed by atoms with Crippen LogP contribution in [0.4, 0.5) is 5.13 Å². The van der Waals surface area contributed by atoms with Crippen molar-refractivity contribution in [3.8, 4) is 0 Å². The highest BCUT2D eigenvalue weighted by atomic mass is 32.1. The van der Waals surface area contributed by atoms with E-state index in [1.165, 1.54) is 28.5 Å². The van der Waals surface area contributed by atoms with E-state index < -0.39 is 0 Å². The summed E-state index contributed by atoms with van der Waals surface area (Å²) in [7, 11) is 0. The van der Waals surface area contributed by atoms with Crippen LogP contribution in [-0.4, -0.2) is 23.6 Å². The number of nitrogens with zero attached hydrogens (tertiary/aromatic N) is 2. The summed E-state index contributed by atoms with van der Waals surface area (Å²) >= 11 is 1.89. The van der Waals surface area contributed by atoms with Crippen molar-refractivity contribution in [3.05, 3.63) is 10.6 Å². The quantitative estimate of drug-likeness (QED) is 0.781. The van der Waals surface area contributed by atoms with Gasteiger partial charge >= 0.3 is 0 Å². The van der Waals surface area contributed by atoms with Crippen LogP contribution in [0.1, 0.15) is 70.4 Å². The molecule has 0 radical (unpaired) electrons. The fourth-order valence-electron chi connectivity index (χ4n) is 2.42. The van der Waals surface area contributed by atoms with Gasteiger partial charge in [-0.2, -0.15) is 0 Å². The maximum atomic E-state index is 4.98. The molecule has 1 unspecified atom stereocenters. The third-order valence-corrected chi connectivity index (χ3v) is 5.24. The second-order valence-electron chi connectivity index (χ2n) is 6.15. The Kier molecular flexibility index (Phi) is 5.44. The highest BCUT2D eigenvalue weighted by molar-refractivity contribution is 7.15. The van der Waals surface area contributed by atoms with Gasteiger partial charge in [0.25, 0.3) is 0 Å². The molecule has 2 rings (SSSR count). The van der Waals surface area contributed by atoms with Gasteiger partial charge < -0.3 is 10.2 Å². The van der Waals surface area contributed by atoms with E-state index in [4.69, 9.17) is 4.98 Å². The van der Waals surface area contributed by atoms with E-state index in [0.29, 0.717) is 12.0 Å². The summed E-state index contributed by atoms with van der Waals surface area (Å²) in [6.07, 6.45) is 3.85. The molecule has 0 bridgehead atoms. The monoisotopic (exact) mass is 295 g/mol. The fourth-order valence-corrected chi connectivity index (χ4v) is 3.75. The summed E-state index contributed by atoms with van der Waals surface area (Å²) in [4.78, 5) is 8.82. The highest BCUT2D eigenvalue weighted by Crippen LogP contribution is 2.33.